The third kappa shape index (κ3) is 4.36. The number of ketones is 1. The van der Waals surface area contributed by atoms with Gasteiger partial charge in [-0.1, -0.05) is 48.5 Å². The standard InChI is InChI=1S/C21H17NO3S3/c1-15(23)20-19(16-8-4-2-5-9-16)18(14-22)21(27-20)26-12-13-28(24,25)17-10-6-3-7-11-17/h2-11H,12-13H2,1H3. The van der Waals surface area contributed by atoms with Crippen LogP contribution < -0.4 is 0 Å². The number of thiophene rings is 1. The molecule has 4 nitrogen and oxygen atoms in total. The lowest BCUT2D eigenvalue weighted by Gasteiger charge is -2.04. The first-order valence-corrected chi connectivity index (χ1v) is 11.9. The number of thioether (sulfide) groups is 1. The molecule has 2 aromatic carbocycles. The van der Waals surface area contributed by atoms with Crippen molar-refractivity contribution in [3.05, 3.63) is 71.1 Å². The quantitative estimate of drug-likeness (QED) is 0.389. The van der Waals surface area contributed by atoms with E-state index in [1.165, 1.54) is 30.0 Å². The van der Waals surface area contributed by atoms with Gasteiger partial charge in [-0.2, -0.15) is 5.26 Å². The van der Waals surface area contributed by atoms with E-state index in [0.29, 0.717) is 26.0 Å². The van der Waals surface area contributed by atoms with Crippen LogP contribution in [0.4, 0.5) is 0 Å². The molecule has 0 N–H and O–H groups in total. The minimum absolute atomic E-state index is 0.0411. The monoisotopic (exact) mass is 427 g/mol. The lowest BCUT2D eigenvalue weighted by molar-refractivity contribution is 0.102. The SMILES string of the molecule is CC(=O)c1sc(SCCS(=O)(=O)c2ccccc2)c(C#N)c1-c1ccccc1. The lowest BCUT2D eigenvalue weighted by Crippen LogP contribution is -2.08. The molecule has 142 valence electrons. The summed E-state index contributed by atoms with van der Waals surface area (Å²) in [5.41, 5.74) is 1.88. The van der Waals surface area contributed by atoms with Gasteiger partial charge in [0.25, 0.3) is 0 Å². The van der Waals surface area contributed by atoms with Gasteiger partial charge in [0.05, 0.1) is 25.3 Å². The van der Waals surface area contributed by atoms with Gasteiger partial charge in [0.15, 0.2) is 15.6 Å². The number of Topliss-reactive ketones (excluding diaryl/α,β-unsaturated/α-hetero) is 1. The number of carbonyl (C=O) groups is 1. The first kappa shape index (κ1) is 20.3. The van der Waals surface area contributed by atoms with Crippen molar-refractivity contribution >= 4 is 38.7 Å². The Hall–Kier alpha value is -2.40. The highest BCUT2D eigenvalue weighted by atomic mass is 32.2. The van der Waals surface area contributed by atoms with E-state index in [9.17, 15) is 18.5 Å². The minimum Gasteiger partial charge on any atom is -0.294 e. The fraction of sp³-hybridized carbons (Fsp3) is 0.143. The molecule has 0 radical (unpaired) electrons. The van der Waals surface area contributed by atoms with Crippen LogP contribution in [0.15, 0.2) is 69.8 Å². The van der Waals surface area contributed by atoms with Crippen molar-refractivity contribution in [1.29, 1.82) is 5.26 Å². The molecule has 3 aromatic rings. The number of nitriles is 1. The molecule has 0 saturated heterocycles. The molecule has 7 heteroatoms. The van der Waals surface area contributed by atoms with E-state index < -0.39 is 9.84 Å². The molecule has 1 aromatic heterocycles. The van der Waals surface area contributed by atoms with E-state index in [-0.39, 0.29) is 16.4 Å². The van der Waals surface area contributed by atoms with Crippen LogP contribution in [0.25, 0.3) is 11.1 Å². The van der Waals surface area contributed by atoms with Crippen molar-refractivity contribution in [2.24, 2.45) is 0 Å². The summed E-state index contributed by atoms with van der Waals surface area (Å²) in [6.07, 6.45) is 0. The summed E-state index contributed by atoms with van der Waals surface area (Å²) in [4.78, 5) is 12.9. The molecule has 28 heavy (non-hydrogen) atoms. The van der Waals surface area contributed by atoms with Gasteiger partial charge in [-0.05, 0) is 24.6 Å². The average Bonchev–Trinajstić information content (AvgIpc) is 3.08. The predicted octanol–water partition coefficient (Wildman–Crippen LogP) is 5.06. The summed E-state index contributed by atoms with van der Waals surface area (Å²) in [5.74, 6) is 0.155. The van der Waals surface area contributed by atoms with E-state index >= 15 is 0 Å². The first-order chi connectivity index (χ1) is 13.4. The zero-order valence-corrected chi connectivity index (χ0v) is 17.5. The third-order valence-corrected chi connectivity index (χ3v) is 8.61. The van der Waals surface area contributed by atoms with Crippen LogP contribution in [-0.2, 0) is 9.84 Å². The Morgan fingerprint density at radius 2 is 1.68 bits per heavy atom. The van der Waals surface area contributed by atoms with Gasteiger partial charge in [-0.3, -0.25) is 4.79 Å². The smallest absolute Gasteiger partial charge is 0.179 e. The zero-order valence-electron chi connectivity index (χ0n) is 15.1. The Balaban J connectivity index is 1.87. The maximum atomic E-state index is 12.4. The van der Waals surface area contributed by atoms with Crippen molar-refractivity contribution in [2.45, 2.75) is 16.0 Å². The van der Waals surface area contributed by atoms with E-state index in [0.717, 1.165) is 5.56 Å². The number of carbonyl (C=O) groups excluding carboxylic acids is 1. The van der Waals surface area contributed by atoms with Crippen molar-refractivity contribution in [3.8, 4) is 17.2 Å². The summed E-state index contributed by atoms with van der Waals surface area (Å²) in [6.45, 7) is 1.48. The van der Waals surface area contributed by atoms with Crippen LogP contribution in [0.5, 0.6) is 0 Å². The summed E-state index contributed by atoms with van der Waals surface area (Å²) in [7, 11) is -3.39. The van der Waals surface area contributed by atoms with Crippen molar-refractivity contribution in [2.75, 3.05) is 11.5 Å². The molecule has 0 spiro atoms. The number of nitrogens with zero attached hydrogens (tertiary/aromatic N) is 1. The highest BCUT2D eigenvalue weighted by Gasteiger charge is 2.23. The number of sulfone groups is 1. The van der Waals surface area contributed by atoms with Gasteiger partial charge in [0.1, 0.15) is 6.07 Å². The van der Waals surface area contributed by atoms with Crippen LogP contribution in [0.3, 0.4) is 0 Å². The molecule has 0 saturated carbocycles. The van der Waals surface area contributed by atoms with Crippen molar-refractivity contribution in [3.63, 3.8) is 0 Å². The van der Waals surface area contributed by atoms with E-state index in [2.05, 4.69) is 6.07 Å². The lowest BCUT2D eigenvalue weighted by atomic mass is 10.0. The van der Waals surface area contributed by atoms with E-state index in [4.69, 9.17) is 0 Å². The molecule has 1 heterocycles. The predicted molar refractivity (Wildman–Crippen MR) is 114 cm³/mol. The second kappa shape index (κ2) is 8.74. The molecule has 0 atom stereocenters. The Morgan fingerprint density at radius 3 is 2.25 bits per heavy atom. The Morgan fingerprint density at radius 1 is 1.07 bits per heavy atom. The van der Waals surface area contributed by atoms with Gasteiger partial charge in [0.2, 0.25) is 0 Å². The maximum absolute atomic E-state index is 12.4. The molecule has 0 fully saturated rings. The Kier molecular flexibility index (Phi) is 6.35. The summed E-state index contributed by atoms with van der Waals surface area (Å²) >= 11 is 2.56. The van der Waals surface area contributed by atoms with Gasteiger partial charge < -0.3 is 0 Å². The number of rotatable bonds is 7. The Bertz CT molecular complexity index is 1130. The first-order valence-electron chi connectivity index (χ1n) is 8.48. The van der Waals surface area contributed by atoms with Crippen molar-refractivity contribution in [1.82, 2.24) is 0 Å². The molecule has 0 unspecified atom stereocenters. The molecule has 0 amide bonds. The average molecular weight is 428 g/mol. The third-order valence-electron chi connectivity index (χ3n) is 4.06. The van der Waals surface area contributed by atoms with Gasteiger partial charge in [-0.25, -0.2) is 8.42 Å². The molecule has 0 bridgehead atoms. The second-order valence-electron chi connectivity index (χ2n) is 5.98. The fourth-order valence-electron chi connectivity index (χ4n) is 2.73. The number of hydrogen-bond donors (Lipinski definition) is 0. The van der Waals surface area contributed by atoms with Crippen LogP contribution >= 0.6 is 23.1 Å². The largest absolute Gasteiger partial charge is 0.294 e. The van der Waals surface area contributed by atoms with Gasteiger partial charge in [-0.15, -0.1) is 23.1 Å². The normalized spacial score (nSPS) is 11.1. The topological polar surface area (TPSA) is 75.0 Å². The molecule has 0 aliphatic rings. The highest BCUT2D eigenvalue weighted by Crippen LogP contribution is 2.41. The zero-order chi connectivity index (χ0) is 20.1. The second-order valence-corrected chi connectivity index (χ2v) is 10.5. The van der Waals surface area contributed by atoms with E-state index in [1.54, 1.807) is 30.3 Å². The molecular weight excluding hydrogens is 410 g/mol. The summed E-state index contributed by atoms with van der Waals surface area (Å²) < 4.78 is 25.6. The van der Waals surface area contributed by atoms with Gasteiger partial charge >= 0.3 is 0 Å². The highest BCUT2D eigenvalue weighted by molar-refractivity contribution is 8.02. The van der Waals surface area contributed by atoms with Gasteiger partial charge in [0, 0.05) is 11.3 Å². The van der Waals surface area contributed by atoms with Crippen LogP contribution in [-0.4, -0.2) is 25.7 Å². The fourth-order valence-corrected chi connectivity index (χ4v) is 6.86. The van der Waals surface area contributed by atoms with Crippen LogP contribution in [0.1, 0.15) is 22.2 Å². The minimum atomic E-state index is -3.39. The molecular formula is C21H17NO3S3. The maximum Gasteiger partial charge on any atom is 0.179 e. The number of hydrogen-bond acceptors (Lipinski definition) is 6. The van der Waals surface area contributed by atoms with E-state index in [1.807, 2.05) is 30.3 Å². The van der Waals surface area contributed by atoms with Crippen LogP contribution in [0.2, 0.25) is 0 Å². The summed E-state index contributed by atoms with van der Waals surface area (Å²) in [6, 6.07) is 19.8. The molecule has 3 rings (SSSR count). The van der Waals surface area contributed by atoms with Crippen LogP contribution in [0, 0.1) is 11.3 Å². The molecule has 0 aliphatic heterocycles. The Labute approximate surface area is 172 Å². The summed E-state index contributed by atoms with van der Waals surface area (Å²) in [5, 5.41) is 9.71. The molecule has 0 aliphatic carbocycles. The van der Waals surface area contributed by atoms with Crippen molar-refractivity contribution < 1.29 is 13.2 Å². The number of benzene rings is 2.